The second kappa shape index (κ2) is 4.94. The van der Waals surface area contributed by atoms with Crippen LogP contribution in [0.5, 0.6) is 0 Å². The van der Waals surface area contributed by atoms with E-state index < -0.39 is 5.60 Å². The number of carbonyl (C=O) groups excluding carboxylic acids is 1. The Hall–Kier alpha value is -0.610. The van der Waals surface area contributed by atoms with Crippen molar-refractivity contribution >= 4 is 5.91 Å². The highest BCUT2D eigenvalue weighted by atomic mass is 16.5. The van der Waals surface area contributed by atoms with E-state index in [0.717, 1.165) is 12.8 Å². The number of ether oxygens (including phenoxy) is 1. The van der Waals surface area contributed by atoms with Gasteiger partial charge in [-0.15, -0.1) is 0 Å². The second-order valence-corrected chi connectivity index (χ2v) is 4.50. The van der Waals surface area contributed by atoms with Gasteiger partial charge in [-0.05, 0) is 33.6 Å². The first-order chi connectivity index (χ1) is 7.01. The second-order valence-electron chi connectivity index (χ2n) is 4.50. The lowest BCUT2D eigenvalue weighted by Gasteiger charge is -2.33. The Kier molecular flexibility index (Phi) is 4.11. The third-order valence-corrected chi connectivity index (χ3v) is 2.90. The Bertz CT molecular complexity index is 222. The summed E-state index contributed by atoms with van der Waals surface area (Å²) in [5, 5.41) is 8.93. The van der Waals surface area contributed by atoms with Gasteiger partial charge in [-0.25, -0.2) is 0 Å². The van der Waals surface area contributed by atoms with Crippen LogP contribution in [0.25, 0.3) is 0 Å². The predicted octanol–water partition coefficient (Wildman–Crippen LogP) is 0.785. The van der Waals surface area contributed by atoms with Gasteiger partial charge in [-0.1, -0.05) is 0 Å². The molecule has 1 unspecified atom stereocenters. The lowest BCUT2D eigenvalue weighted by atomic mass is 10.0. The molecule has 0 aromatic carbocycles. The number of carbonyl (C=O) groups is 1. The van der Waals surface area contributed by atoms with E-state index in [9.17, 15) is 4.79 Å². The first-order valence-corrected chi connectivity index (χ1v) is 5.57. The maximum Gasteiger partial charge on any atom is 0.254 e. The minimum Gasteiger partial charge on any atom is -0.395 e. The molecule has 0 radical (unpaired) electrons. The van der Waals surface area contributed by atoms with E-state index in [1.165, 1.54) is 0 Å². The van der Waals surface area contributed by atoms with E-state index in [4.69, 9.17) is 9.84 Å². The van der Waals surface area contributed by atoms with Crippen LogP contribution in [0.1, 0.15) is 33.6 Å². The fourth-order valence-corrected chi connectivity index (χ4v) is 1.95. The molecule has 1 aliphatic rings. The van der Waals surface area contributed by atoms with Gasteiger partial charge >= 0.3 is 0 Å². The van der Waals surface area contributed by atoms with Crippen LogP contribution in [0.3, 0.4) is 0 Å². The van der Waals surface area contributed by atoms with E-state index in [1.54, 1.807) is 4.90 Å². The number of hydrogen-bond donors (Lipinski definition) is 1. The summed E-state index contributed by atoms with van der Waals surface area (Å²) >= 11 is 0. The Morgan fingerprint density at radius 3 is 2.67 bits per heavy atom. The van der Waals surface area contributed by atoms with E-state index in [1.807, 2.05) is 20.8 Å². The van der Waals surface area contributed by atoms with Crippen LogP contribution >= 0.6 is 0 Å². The average Bonchev–Trinajstić information content (AvgIpc) is 2.61. The van der Waals surface area contributed by atoms with E-state index in [-0.39, 0.29) is 18.6 Å². The van der Waals surface area contributed by atoms with Crippen LogP contribution in [-0.4, -0.2) is 47.3 Å². The smallest absolute Gasteiger partial charge is 0.254 e. The van der Waals surface area contributed by atoms with Crippen LogP contribution in [0.2, 0.25) is 0 Å². The van der Waals surface area contributed by atoms with Crippen LogP contribution in [0.4, 0.5) is 0 Å². The molecule has 1 N–H and O–H groups in total. The van der Waals surface area contributed by atoms with Gasteiger partial charge in [0.2, 0.25) is 0 Å². The van der Waals surface area contributed by atoms with Gasteiger partial charge in [0.25, 0.3) is 5.91 Å². The first-order valence-electron chi connectivity index (χ1n) is 5.57. The topological polar surface area (TPSA) is 49.8 Å². The normalized spacial score (nSPS) is 25.9. The summed E-state index contributed by atoms with van der Waals surface area (Å²) in [5.41, 5.74) is -0.667. The molecule has 1 fully saturated rings. The van der Waals surface area contributed by atoms with Gasteiger partial charge in [-0.2, -0.15) is 0 Å². The fourth-order valence-electron chi connectivity index (χ4n) is 1.95. The minimum absolute atomic E-state index is 0. The maximum atomic E-state index is 12.2. The molecule has 1 saturated heterocycles. The van der Waals surface area contributed by atoms with Crippen molar-refractivity contribution in [2.75, 3.05) is 19.8 Å². The lowest BCUT2D eigenvalue weighted by Crippen LogP contribution is -2.50. The van der Waals surface area contributed by atoms with Gasteiger partial charge in [0.05, 0.1) is 6.61 Å². The Morgan fingerprint density at radius 2 is 2.27 bits per heavy atom. The number of aliphatic hydroxyl groups is 1. The highest BCUT2D eigenvalue weighted by Crippen LogP contribution is 2.27. The monoisotopic (exact) mass is 215 g/mol. The highest BCUT2D eigenvalue weighted by Gasteiger charge is 2.41. The van der Waals surface area contributed by atoms with Crippen molar-refractivity contribution < 1.29 is 14.6 Å². The number of aliphatic hydroxyl groups excluding tert-OH is 1. The number of amides is 1. The Morgan fingerprint density at radius 1 is 1.60 bits per heavy atom. The molecule has 1 heterocycles. The third-order valence-electron chi connectivity index (χ3n) is 2.90. The molecule has 0 spiro atoms. The molecule has 0 aromatic rings. The van der Waals surface area contributed by atoms with E-state index in [2.05, 4.69) is 0 Å². The molecule has 15 heavy (non-hydrogen) atoms. The van der Waals surface area contributed by atoms with Crippen molar-refractivity contribution in [2.45, 2.75) is 45.3 Å². The van der Waals surface area contributed by atoms with Gasteiger partial charge in [-0.3, -0.25) is 4.79 Å². The van der Waals surface area contributed by atoms with Crippen molar-refractivity contribution in [1.82, 2.24) is 4.90 Å². The van der Waals surface area contributed by atoms with Gasteiger partial charge in [0.15, 0.2) is 0 Å². The Balaban J connectivity index is 2.70. The van der Waals surface area contributed by atoms with Crippen molar-refractivity contribution in [3.05, 3.63) is 0 Å². The number of rotatable bonds is 4. The molecule has 4 nitrogen and oxygen atoms in total. The van der Waals surface area contributed by atoms with Gasteiger partial charge in [0.1, 0.15) is 5.60 Å². The standard InChI is InChI=1S/C11H21NO3/c1-9(2)12(6-7-13)10(14)11(3)5-4-8-15-11/h9,13H,4-8H2,1-3H3. The maximum absolute atomic E-state index is 12.2. The zero-order valence-corrected chi connectivity index (χ0v) is 9.82. The molecule has 1 rings (SSSR count). The number of nitrogens with zero attached hydrogens (tertiary/aromatic N) is 1. The molecular weight excluding hydrogens is 194 g/mol. The molecule has 0 aromatic heterocycles. The molecule has 1 amide bonds. The predicted molar refractivity (Wildman–Crippen MR) is 57.5 cm³/mol. The zero-order valence-electron chi connectivity index (χ0n) is 9.82. The summed E-state index contributed by atoms with van der Waals surface area (Å²) in [6.07, 6.45) is 1.72. The molecule has 0 saturated carbocycles. The SMILES string of the molecule is CC(C)N(CCO)C(=O)C1(C)CCCO1. The first kappa shape index (κ1) is 12.5. The van der Waals surface area contributed by atoms with Crippen molar-refractivity contribution in [3.63, 3.8) is 0 Å². The summed E-state index contributed by atoms with van der Waals surface area (Å²) in [5.74, 6) is 0.00375. The van der Waals surface area contributed by atoms with Crippen LogP contribution in [0.15, 0.2) is 0 Å². The molecule has 0 aliphatic carbocycles. The average molecular weight is 215 g/mol. The zero-order chi connectivity index (χ0) is 11.5. The van der Waals surface area contributed by atoms with Crippen LogP contribution in [0, 0.1) is 0 Å². The van der Waals surface area contributed by atoms with Gasteiger partial charge in [0, 0.05) is 19.2 Å². The molecule has 1 atom stereocenters. The summed E-state index contributed by atoms with van der Waals surface area (Å²) in [6, 6.07) is 0.102. The molecule has 4 heteroatoms. The fraction of sp³-hybridized carbons (Fsp3) is 0.909. The molecular formula is C11H21NO3. The summed E-state index contributed by atoms with van der Waals surface area (Å²) in [6.45, 7) is 6.79. The molecule has 88 valence electrons. The largest absolute Gasteiger partial charge is 0.395 e. The van der Waals surface area contributed by atoms with Crippen molar-refractivity contribution in [2.24, 2.45) is 0 Å². The van der Waals surface area contributed by atoms with Crippen LogP contribution in [-0.2, 0) is 9.53 Å². The minimum atomic E-state index is -0.667. The highest BCUT2D eigenvalue weighted by molar-refractivity contribution is 5.85. The van der Waals surface area contributed by atoms with E-state index >= 15 is 0 Å². The van der Waals surface area contributed by atoms with Gasteiger partial charge < -0.3 is 14.7 Å². The number of hydrogen-bond acceptors (Lipinski definition) is 3. The summed E-state index contributed by atoms with van der Waals surface area (Å²) in [7, 11) is 0. The van der Waals surface area contributed by atoms with Crippen molar-refractivity contribution in [3.8, 4) is 0 Å². The van der Waals surface area contributed by atoms with Crippen molar-refractivity contribution in [1.29, 1.82) is 0 Å². The molecule has 0 bridgehead atoms. The quantitative estimate of drug-likeness (QED) is 0.754. The lowest BCUT2D eigenvalue weighted by molar-refractivity contribution is -0.153. The summed E-state index contributed by atoms with van der Waals surface area (Å²) in [4.78, 5) is 13.9. The summed E-state index contributed by atoms with van der Waals surface area (Å²) < 4.78 is 5.51. The Labute approximate surface area is 91.2 Å². The van der Waals surface area contributed by atoms with E-state index in [0.29, 0.717) is 13.2 Å². The third kappa shape index (κ3) is 2.69. The van der Waals surface area contributed by atoms with Crippen LogP contribution < -0.4 is 0 Å². The molecule has 1 aliphatic heterocycles.